The van der Waals surface area contributed by atoms with Crippen LogP contribution in [0.3, 0.4) is 0 Å². The molecule has 0 saturated carbocycles. The van der Waals surface area contributed by atoms with E-state index in [2.05, 4.69) is 53.2 Å². The Bertz CT molecular complexity index is 714. The number of hydrogen-bond acceptors (Lipinski definition) is 1. The van der Waals surface area contributed by atoms with Crippen LogP contribution in [0.4, 0.5) is 0 Å². The molecular formula is C18H19BrO. The molecule has 0 aliphatic carbocycles. The quantitative estimate of drug-likeness (QED) is 0.379. The van der Waals surface area contributed by atoms with Crippen LogP contribution in [-0.4, -0.2) is 0 Å². The summed E-state index contributed by atoms with van der Waals surface area (Å²) in [5.41, 5.74) is 3.29. The number of hydrogen-bond donors (Lipinski definition) is 0. The minimum absolute atomic E-state index is 0.437. The van der Waals surface area contributed by atoms with Crippen LogP contribution < -0.4 is 0 Å². The fourth-order valence-electron chi connectivity index (χ4n) is 2.68. The second kappa shape index (κ2) is 6.01. The first kappa shape index (κ1) is 13.7. The third-order valence-electron chi connectivity index (χ3n) is 3.82. The Labute approximate surface area is 128 Å². The number of furan rings is 1. The maximum absolute atomic E-state index is 5.87. The molecule has 20 heavy (non-hydrogen) atoms. The predicted molar refractivity (Wildman–Crippen MR) is 89.5 cm³/mol. The number of benzene rings is 2. The zero-order valence-electron chi connectivity index (χ0n) is 11.7. The van der Waals surface area contributed by atoms with E-state index in [0.29, 0.717) is 4.83 Å². The summed E-state index contributed by atoms with van der Waals surface area (Å²) in [4.78, 5) is 0.437. The van der Waals surface area contributed by atoms with Crippen LogP contribution in [0.2, 0.25) is 0 Å². The first-order chi connectivity index (χ1) is 9.79. The van der Waals surface area contributed by atoms with Gasteiger partial charge in [-0.2, -0.15) is 0 Å². The largest absolute Gasteiger partial charge is 0.456 e. The maximum atomic E-state index is 5.87. The Morgan fingerprint density at radius 3 is 2.65 bits per heavy atom. The molecule has 3 rings (SSSR count). The molecule has 0 radical (unpaired) electrons. The molecule has 104 valence electrons. The molecule has 0 aliphatic rings. The second-order valence-electron chi connectivity index (χ2n) is 5.32. The van der Waals surface area contributed by atoms with E-state index in [1.165, 1.54) is 42.0 Å². The molecule has 2 aromatic carbocycles. The lowest BCUT2D eigenvalue weighted by molar-refractivity contribution is 0.661. The Kier molecular flexibility index (Phi) is 4.11. The van der Waals surface area contributed by atoms with E-state index in [1.54, 1.807) is 0 Å². The minimum atomic E-state index is 0.437. The van der Waals surface area contributed by atoms with Gasteiger partial charge in [-0.05, 0) is 30.2 Å². The van der Waals surface area contributed by atoms with Gasteiger partial charge in [-0.3, -0.25) is 0 Å². The highest BCUT2D eigenvalue weighted by Gasteiger charge is 2.11. The first-order valence-corrected chi connectivity index (χ1v) is 8.26. The third-order valence-corrected chi connectivity index (χ3v) is 4.81. The number of fused-ring (bicyclic) bond motifs is 3. The molecule has 0 bridgehead atoms. The Morgan fingerprint density at radius 2 is 1.80 bits per heavy atom. The highest BCUT2D eigenvalue weighted by molar-refractivity contribution is 9.09. The fraction of sp³-hybridized carbons (Fsp3) is 0.333. The van der Waals surface area contributed by atoms with Gasteiger partial charge in [0.2, 0.25) is 0 Å². The van der Waals surface area contributed by atoms with Crippen LogP contribution in [0.25, 0.3) is 21.9 Å². The summed E-state index contributed by atoms with van der Waals surface area (Å²) in [5, 5.41) is 2.43. The van der Waals surface area contributed by atoms with Crippen molar-refractivity contribution in [1.29, 1.82) is 0 Å². The standard InChI is InChI=1S/C18H19BrO/c1-2-3-4-8-16(19)13-10-11-18-15(12-13)14-7-5-6-9-17(14)20-18/h5-7,9-12,16H,2-4,8H2,1H3. The second-order valence-corrected chi connectivity index (χ2v) is 6.42. The molecule has 1 aromatic heterocycles. The maximum Gasteiger partial charge on any atom is 0.135 e. The van der Waals surface area contributed by atoms with Crippen molar-refractivity contribution in [3.63, 3.8) is 0 Å². The van der Waals surface area contributed by atoms with Gasteiger partial charge in [-0.25, -0.2) is 0 Å². The highest BCUT2D eigenvalue weighted by Crippen LogP contribution is 2.34. The van der Waals surface area contributed by atoms with Crippen molar-refractivity contribution >= 4 is 37.9 Å². The molecule has 0 aliphatic heterocycles. The molecule has 1 nitrogen and oxygen atoms in total. The van der Waals surface area contributed by atoms with Gasteiger partial charge < -0.3 is 4.42 Å². The van der Waals surface area contributed by atoms with Gasteiger partial charge in [0.25, 0.3) is 0 Å². The van der Waals surface area contributed by atoms with Crippen LogP contribution >= 0.6 is 15.9 Å². The zero-order chi connectivity index (χ0) is 13.9. The lowest BCUT2D eigenvalue weighted by Gasteiger charge is -2.09. The van der Waals surface area contributed by atoms with Gasteiger partial charge in [-0.1, -0.05) is 66.4 Å². The summed E-state index contributed by atoms with van der Waals surface area (Å²) in [5.74, 6) is 0. The molecule has 1 atom stereocenters. The van der Waals surface area contributed by atoms with Crippen LogP contribution in [0.1, 0.15) is 43.0 Å². The number of halogens is 1. The van der Waals surface area contributed by atoms with Gasteiger partial charge in [0.05, 0.1) is 0 Å². The van der Waals surface area contributed by atoms with E-state index < -0.39 is 0 Å². The van der Waals surface area contributed by atoms with E-state index in [1.807, 2.05) is 12.1 Å². The number of unbranched alkanes of at least 4 members (excludes halogenated alkanes) is 2. The van der Waals surface area contributed by atoms with Crippen molar-refractivity contribution in [3.8, 4) is 0 Å². The number of para-hydroxylation sites is 1. The monoisotopic (exact) mass is 330 g/mol. The topological polar surface area (TPSA) is 13.1 Å². The molecule has 0 N–H and O–H groups in total. The number of alkyl halides is 1. The smallest absolute Gasteiger partial charge is 0.135 e. The molecule has 0 saturated heterocycles. The average Bonchev–Trinajstić information content (AvgIpc) is 2.85. The van der Waals surface area contributed by atoms with E-state index in [4.69, 9.17) is 4.42 Å². The summed E-state index contributed by atoms with van der Waals surface area (Å²) in [7, 11) is 0. The Hall–Kier alpha value is -1.28. The van der Waals surface area contributed by atoms with Crippen molar-refractivity contribution in [1.82, 2.24) is 0 Å². The van der Waals surface area contributed by atoms with Crippen LogP contribution in [-0.2, 0) is 0 Å². The summed E-state index contributed by atoms with van der Waals surface area (Å²) < 4.78 is 5.87. The van der Waals surface area contributed by atoms with Gasteiger partial charge in [0.15, 0.2) is 0 Å². The van der Waals surface area contributed by atoms with Crippen molar-refractivity contribution in [2.24, 2.45) is 0 Å². The lowest BCUT2D eigenvalue weighted by Crippen LogP contribution is -1.90. The molecule has 3 aromatic rings. The molecule has 1 heterocycles. The summed E-state index contributed by atoms with van der Waals surface area (Å²) in [6, 6.07) is 14.8. The predicted octanol–water partition coefficient (Wildman–Crippen LogP) is 6.60. The molecule has 0 amide bonds. The first-order valence-electron chi connectivity index (χ1n) is 7.35. The van der Waals surface area contributed by atoms with Crippen LogP contribution in [0.5, 0.6) is 0 Å². The summed E-state index contributed by atoms with van der Waals surface area (Å²) in [6.45, 7) is 2.24. The van der Waals surface area contributed by atoms with Crippen molar-refractivity contribution < 1.29 is 4.42 Å². The Morgan fingerprint density at radius 1 is 1.00 bits per heavy atom. The SMILES string of the molecule is CCCCCC(Br)c1ccc2oc3ccccc3c2c1. The lowest BCUT2D eigenvalue weighted by atomic mass is 10.0. The van der Waals surface area contributed by atoms with E-state index in [9.17, 15) is 0 Å². The fourth-order valence-corrected chi connectivity index (χ4v) is 3.29. The van der Waals surface area contributed by atoms with Gasteiger partial charge in [0.1, 0.15) is 11.2 Å². The van der Waals surface area contributed by atoms with Crippen LogP contribution in [0.15, 0.2) is 46.9 Å². The molecule has 1 unspecified atom stereocenters. The minimum Gasteiger partial charge on any atom is -0.456 e. The Balaban J connectivity index is 1.95. The van der Waals surface area contributed by atoms with Crippen molar-refractivity contribution in [2.45, 2.75) is 37.4 Å². The molecule has 0 fully saturated rings. The van der Waals surface area contributed by atoms with Gasteiger partial charge in [0, 0.05) is 15.6 Å². The number of rotatable bonds is 5. The van der Waals surface area contributed by atoms with Crippen molar-refractivity contribution in [3.05, 3.63) is 48.0 Å². The third kappa shape index (κ3) is 2.62. The van der Waals surface area contributed by atoms with E-state index in [0.717, 1.165) is 11.2 Å². The molecular weight excluding hydrogens is 312 g/mol. The molecule has 2 heteroatoms. The highest BCUT2D eigenvalue weighted by atomic mass is 79.9. The van der Waals surface area contributed by atoms with E-state index >= 15 is 0 Å². The summed E-state index contributed by atoms with van der Waals surface area (Å²) in [6.07, 6.45) is 5.04. The van der Waals surface area contributed by atoms with E-state index in [-0.39, 0.29) is 0 Å². The summed E-state index contributed by atoms with van der Waals surface area (Å²) >= 11 is 3.82. The zero-order valence-corrected chi connectivity index (χ0v) is 13.3. The normalized spacial score (nSPS) is 13.1. The molecule has 0 spiro atoms. The van der Waals surface area contributed by atoms with Crippen LogP contribution in [0, 0.1) is 0 Å². The van der Waals surface area contributed by atoms with Gasteiger partial charge >= 0.3 is 0 Å². The van der Waals surface area contributed by atoms with Crippen molar-refractivity contribution in [2.75, 3.05) is 0 Å². The average molecular weight is 331 g/mol. The van der Waals surface area contributed by atoms with Gasteiger partial charge in [-0.15, -0.1) is 0 Å².